The predicted octanol–water partition coefficient (Wildman–Crippen LogP) is 4.17. The lowest BCUT2D eigenvalue weighted by molar-refractivity contribution is 0.0400. The van der Waals surface area contributed by atoms with E-state index in [0.717, 1.165) is 18.9 Å². The normalized spacial score (nSPS) is 40.3. The van der Waals surface area contributed by atoms with E-state index in [9.17, 15) is 5.26 Å². The Bertz CT molecular complexity index is 368. The second-order valence-electron chi connectivity index (χ2n) is 7.73. The first-order chi connectivity index (χ1) is 9.34. The summed E-state index contributed by atoms with van der Waals surface area (Å²) < 4.78 is 0. The number of thioether (sulfide) groups is 1. The van der Waals surface area contributed by atoms with Crippen LogP contribution in [0.15, 0.2) is 0 Å². The molecule has 114 valence electrons. The second kappa shape index (κ2) is 6.28. The standard InChI is InChI=1S/C17H30N2S/c1-12-13(2)20-9-8-19(12)16-10-15(17(3,4)5)7-6-14(16)11-18/h12-16H,6-10H2,1-5H3. The zero-order valence-corrected chi connectivity index (χ0v) is 14.5. The molecule has 0 aromatic carbocycles. The molecule has 2 rings (SSSR count). The van der Waals surface area contributed by atoms with Crippen LogP contribution in [0.5, 0.6) is 0 Å². The first-order valence-corrected chi connectivity index (χ1v) is 9.16. The highest BCUT2D eigenvalue weighted by Gasteiger charge is 2.41. The lowest BCUT2D eigenvalue weighted by Crippen LogP contribution is -2.54. The second-order valence-corrected chi connectivity index (χ2v) is 9.22. The molecule has 1 saturated heterocycles. The molecule has 0 aromatic rings. The molecule has 0 N–H and O–H groups in total. The lowest BCUT2D eigenvalue weighted by atomic mass is 9.67. The maximum Gasteiger partial charge on any atom is 0.0672 e. The van der Waals surface area contributed by atoms with Crippen LogP contribution in [0.3, 0.4) is 0 Å². The van der Waals surface area contributed by atoms with Crippen LogP contribution in [-0.2, 0) is 0 Å². The third-order valence-electron chi connectivity index (χ3n) is 5.57. The molecule has 2 aliphatic rings. The fraction of sp³-hybridized carbons (Fsp3) is 0.941. The summed E-state index contributed by atoms with van der Waals surface area (Å²) in [6, 6.07) is 3.70. The quantitative estimate of drug-likeness (QED) is 0.726. The first-order valence-electron chi connectivity index (χ1n) is 8.11. The van der Waals surface area contributed by atoms with E-state index in [1.54, 1.807) is 0 Å². The smallest absolute Gasteiger partial charge is 0.0672 e. The molecule has 5 atom stereocenters. The average Bonchev–Trinajstić information content (AvgIpc) is 2.40. The summed E-state index contributed by atoms with van der Waals surface area (Å²) in [5.41, 5.74) is 0.373. The Morgan fingerprint density at radius 1 is 1.20 bits per heavy atom. The predicted molar refractivity (Wildman–Crippen MR) is 87.8 cm³/mol. The van der Waals surface area contributed by atoms with Crippen LogP contribution >= 0.6 is 11.8 Å². The molecule has 0 spiro atoms. The summed E-state index contributed by atoms with van der Waals surface area (Å²) in [7, 11) is 0. The van der Waals surface area contributed by atoms with Gasteiger partial charge in [-0.05, 0) is 37.5 Å². The minimum atomic E-state index is 0.242. The molecule has 3 heteroatoms. The zero-order chi connectivity index (χ0) is 14.9. The van der Waals surface area contributed by atoms with Crippen molar-refractivity contribution in [1.29, 1.82) is 5.26 Å². The van der Waals surface area contributed by atoms with Crippen molar-refractivity contribution in [2.75, 3.05) is 12.3 Å². The van der Waals surface area contributed by atoms with Gasteiger partial charge in [0.15, 0.2) is 0 Å². The molecule has 0 amide bonds. The largest absolute Gasteiger partial charge is 0.294 e. The van der Waals surface area contributed by atoms with Crippen molar-refractivity contribution in [3.63, 3.8) is 0 Å². The van der Waals surface area contributed by atoms with Crippen LogP contribution in [0, 0.1) is 28.6 Å². The fourth-order valence-electron chi connectivity index (χ4n) is 3.87. The summed E-state index contributed by atoms with van der Waals surface area (Å²) in [5, 5.41) is 10.2. The molecule has 0 radical (unpaired) electrons. The van der Waals surface area contributed by atoms with Gasteiger partial charge < -0.3 is 0 Å². The van der Waals surface area contributed by atoms with E-state index in [4.69, 9.17) is 0 Å². The molecule has 1 aliphatic carbocycles. The number of hydrogen-bond donors (Lipinski definition) is 0. The fourth-order valence-corrected chi connectivity index (χ4v) is 5.00. The minimum absolute atomic E-state index is 0.242. The number of nitriles is 1. The molecule has 2 nitrogen and oxygen atoms in total. The van der Waals surface area contributed by atoms with Gasteiger partial charge in [0, 0.05) is 29.6 Å². The Morgan fingerprint density at radius 3 is 2.50 bits per heavy atom. The van der Waals surface area contributed by atoms with Crippen LogP contribution < -0.4 is 0 Å². The van der Waals surface area contributed by atoms with Crippen molar-refractivity contribution in [2.45, 2.75) is 71.2 Å². The Balaban J connectivity index is 2.15. The van der Waals surface area contributed by atoms with E-state index in [1.165, 1.54) is 18.6 Å². The Morgan fingerprint density at radius 2 is 1.90 bits per heavy atom. The number of rotatable bonds is 1. The van der Waals surface area contributed by atoms with E-state index >= 15 is 0 Å². The summed E-state index contributed by atoms with van der Waals surface area (Å²) in [6.07, 6.45) is 3.53. The summed E-state index contributed by atoms with van der Waals surface area (Å²) in [4.78, 5) is 2.66. The van der Waals surface area contributed by atoms with E-state index in [0.29, 0.717) is 22.7 Å². The van der Waals surface area contributed by atoms with Crippen molar-refractivity contribution in [3.8, 4) is 6.07 Å². The van der Waals surface area contributed by atoms with E-state index in [-0.39, 0.29) is 5.92 Å². The highest BCUT2D eigenvalue weighted by atomic mass is 32.2. The summed E-state index contributed by atoms with van der Waals surface area (Å²) in [6.45, 7) is 12.9. The summed E-state index contributed by atoms with van der Waals surface area (Å²) in [5.74, 6) is 2.22. The monoisotopic (exact) mass is 294 g/mol. The number of hydrogen-bond acceptors (Lipinski definition) is 3. The molecule has 1 heterocycles. The van der Waals surface area contributed by atoms with Crippen LogP contribution in [0.2, 0.25) is 0 Å². The molecular formula is C17H30N2S. The van der Waals surface area contributed by atoms with E-state index in [2.05, 4.69) is 57.3 Å². The molecular weight excluding hydrogens is 264 g/mol. The molecule has 5 unspecified atom stereocenters. The van der Waals surface area contributed by atoms with Gasteiger partial charge in [0.2, 0.25) is 0 Å². The van der Waals surface area contributed by atoms with Gasteiger partial charge in [-0.2, -0.15) is 17.0 Å². The highest BCUT2D eigenvalue weighted by Crippen LogP contribution is 2.43. The number of nitrogens with zero attached hydrogens (tertiary/aromatic N) is 2. The SMILES string of the molecule is CC1SCCN(C2CC(C(C)(C)C)CCC2C#N)C1C. The van der Waals surface area contributed by atoms with Crippen LogP contribution in [0.25, 0.3) is 0 Å². The molecule has 1 saturated carbocycles. The van der Waals surface area contributed by atoms with Gasteiger partial charge >= 0.3 is 0 Å². The van der Waals surface area contributed by atoms with Crippen molar-refractivity contribution in [1.82, 2.24) is 4.90 Å². The van der Waals surface area contributed by atoms with Gasteiger partial charge in [-0.1, -0.05) is 27.7 Å². The maximum absolute atomic E-state index is 9.55. The van der Waals surface area contributed by atoms with Gasteiger partial charge in [0.25, 0.3) is 0 Å². The van der Waals surface area contributed by atoms with Crippen LogP contribution in [0.1, 0.15) is 53.9 Å². The van der Waals surface area contributed by atoms with Gasteiger partial charge in [-0.25, -0.2) is 0 Å². The zero-order valence-electron chi connectivity index (χ0n) is 13.7. The maximum atomic E-state index is 9.55. The van der Waals surface area contributed by atoms with Crippen molar-refractivity contribution in [3.05, 3.63) is 0 Å². The molecule has 20 heavy (non-hydrogen) atoms. The third-order valence-corrected chi connectivity index (χ3v) is 6.90. The van der Waals surface area contributed by atoms with E-state index < -0.39 is 0 Å². The molecule has 1 aliphatic heterocycles. The van der Waals surface area contributed by atoms with Crippen LogP contribution in [-0.4, -0.2) is 34.5 Å². The van der Waals surface area contributed by atoms with Crippen molar-refractivity contribution < 1.29 is 0 Å². The third kappa shape index (κ3) is 3.34. The molecule has 0 aromatic heterocycles. The minimum Gasteiger partial charge on any atom is -0.294 e. The Hall–Kier alpha value is -0.200. The first kappa shape index (κ1) is 16.2. The van der Waals surface area contributed by atoms with Gasteiger partial charge in [-0.3, -0.25) is 4.90 Å². The average molecular weight is 295 g/mol. The Kier molecular flexibility index (Phi) is 5.08. The Labute approximate surface area is 129 Å². The topological polar surface area (TPSA) is 27.0 Å². The molecule has 0 bridgehead atoms. The molecule has 2 fully saturated rings. The van der Waals surface area contributed by atoms with Gasteiger partial charge in [0.05, 0.1) is 12.0 Å². The van der Waals surface area contributed by atoms with Crippen molar-refractivity contribution >= 4 is 11.8 Å². The van der Waals surface area contributed by atoms with Crippen LogP contribution in [0.4, 0.5) is 0 Å². The highest BCUT2D eigenvalue weighted by molar-refractivity contribution is 8.00. The lowest BCUT2D eigenvalue weighted by Gasteiger charge is -2.49. The van der Waals surface area contributed by atoms with E-state index in [1.807, 2.05) is 0 Å². The van der Waals surface area contributed by atoms with Crippen molar-refractivity contribution in [2.24, 2.45) is 17.3 Å². The van der Waals surface area contributed by atoms with Gasteiger partial charge in [-0.15, -0.1) is 0 Å². The van der Waals surface area contributed by atoms with Gasteiger partial charge in [0.1, 0.15) is 0 Å². The summed E-state index contributed by atoms with van der Waals surface area (Å²) >= 11 is 2.08.